The minimum atomic E-state index is -0.956. The van der Waals surface area contributed by atoms with Crippen molar-refractivity contribution >= 4 is 50.0 Å². The molecule has 3 heterocycles. The van der Waals surface area contributed by atoms with E-state index in [1.54, 1.807) is 20.0 Å². The summed E-state index contributed by atoms with van der Waals surface area (Å²) in [6, 6.07) is 16.5. The van der Waals surface area contributed by atoms with Crippen LogP contribution in [-0.2, 0) is 22.0 Å². The van der Waals surface area contributed by atoms with Gasteiger partial charge >= 0.3 is 12.1 Å². The SMILES string of the molecule is Cc1cc(-c2cc3sc(-c4nnn(C)c4NC(=O)O[C@H](C)c4ccccc4)cc3s2)c(F)cc1C1(C(=O)O)CC1. The molecule has 1 atom stereocenters. The van der Waals surface area contributed by atoms with Crippen molar-refractivity contribution < 1.29 is 23.8 Å². The molecule has 0 unspecified atom stereocenters. The molecule has 0 bridgehead atoms. The lowest BCUT2D eigenvalue weighted by atomic mass is 9.90. The van der Waals surface area contributed by atoms with Gasteiger partial charge in [-0.25, -0.2) is 13.9 Å². The lowest BCUT2D eigenvalue weighted by Gasteiger charge is -2.15. The Bertz CT molecular complexity index is 1740. The minimum absolute atomic E-state index is 0.407. The Hall–Kier alpha value is -4.09. The second-order valence-electron chi connectivity index (χ2n) is 9.98. The molecule has 40 heavy (non-hydrogen) atoms. The number of aliphatic carboxylic acids is 1. The molecule has 1 saturated carbocycles. The lowest BCUT2D eigenvalue weighted by Crippen LogP contribution is -2.21. The van der Waals surface area contributed by atoms with E-state index in [0.29, 0.717) is 35.5 Å². The Labute approximate surface area is 237 Å². The van der Waals surface area contributed by atoms with Gasteiger partial charge in [-0.05, 0) is 67.6 Å². The van der Waals surface area contributed by atoms with Crippen molar-refractivity contribution in [3.63, 3.8) is 0 Å². The summed E-state index contributed by atoms with van der Waals surface area (Å²) in [6.45, 7) is 3.64. The van der Waals surface area contributed by atoms with Crippen molar-refractivity contribution in [2.24, 2.45) is 7.05 Å². The quantitative estimate of drug-likeness (QED) is 0.211. The molecule has 2 N–H and O–H groups in total. The maximum absolute atomic E-state index is 15.2. The number of carbonyl (C=O) groups is 2. The van der Waals surface area contributed by atoms with Gasteiger partial charge in [0.05, 0.1) is 10.3 Å². The highest BCUT2D eigenvalue weighted by atomic mass is 32.1. The molecule has 0 radical (unpaired) electrons. The van der Waals surface area contributed by atoms with Crippen molar-refractivity contribution in [2.75, 3.05) is 5.32 Å². The van der Waals surface area contributed by atoms with E-state index in [0.717, 1.165) is 30.3 Å². The molecule has 0 saturated heterocycles. The zero-order valence-electron chi connectivity index (χ0n) is 21.9. The number of aryl methyl sites for hydroxylation is 2. The van der Waals surface area contributed by atoms with Crippen molar-refractivity contribution in [3.05, 3.63) is 77.1 Å². The largest absolute Gasteiger partial charge is 0.481 e. The normalized spacial score (nSPS) is 14.7. The fraction of sp³-hybridized carbons (Fsp3) is 0.241. The van der Waals surface area contributed by atoms with Crippen LogP contribution in [0.1, 0.15) is 42.6 Å². The van der Waals surface area contributed by atoms with Crippen LogP contribution in [0, 0.1) is 12.7 Å². The predicted octanol–water partition coefficient (Wildman–Crippen LogP) is 7.30. The Balaban J connectivity index is 1.24. The zero-order valence-corrected chi connectivity index (χ0v) is 23.5. The molecule has 3 aromatic heterocycles. The fourth-order valence-corrected chi connectivity index (χ4v) is 7.34. The van der Waals surface area contributed by atoms with E-state index >= 15 is 4.39 Å². The summed E-state index contributed by atoms with van der Waals surface area (Å²) >= 11 is 2.91. The van der Waals surface area contributed by atoms with E-state index in [1.165, 1.54) is 33.4 Å². The number of carboxylic acids is 1. The number of benzene rings is 2. The van der Waals surface area contributed by atoms with Crippen LogP contribution in [0.3, 0.4) is 0 Å². The first-order chi connectivity index (χ1) is 19.2. The fourth-order valence-electron chi connectivity index (χ4n) is 4.94. The molecule has 1 fully saturated rings. The molecule has 2 aromatic carbocycles. The minimum Gasteiger partial charge on any atom is -0.481 e. The summed E-state index contributed by atoms with van der Waals surface area (Å²) in [5.74, 6) is -0.918. The van der Waals surface area contributed by atoms with Crippen molar-refractivity contribution in [3.8, 4) is 21.0 Å². The second-order valence-corrected chi connectivity index (χ2v) is 12.1. The molecule has 0 spiro atoms. The molecule has 204 valence electrons. The van der Waals surface area contributed by atoms with Crippen LogP contribution in [0.25, 0.3) is 30.4 Å². The number of hydrogen-bond donors (Lipinski definition) is 2. The number of rotatable bonds is 7. The van der Waals surface area contributed by atoms with Gasteiger partial charge in [-0.1, -0.05) is 35.5 Å². The molecular weight excluding hydrogens is 551 g/mol. The van der Waals surface area contributed by atoms with E-state index in [2.05, 4.69) is 15.6 Å². The average molecular weight is 577 g/mol. The molecule has 5 aromatic rings. The Morgan fingerprint density at radius 2 is 1.77 bits per heavy atom. The van der Waals surface area contributed by atoms with Crippen LogP contribution in [0.2, 0.25) is 0 Å². The highest BCUT2D eigenvalue weighted by Gasteiger charge is 2.52. The monoisotopic (exact) mass is 576 g/mol. The predicted molar refractivity (Wildman–Crippen MR) is 153 cm³/mol. The third-order valence-electron chi connectivity index (χ3n) is 7.29. The van der Waals surface area contributed by atoms with Crippen LogP contribution in [0.15, 0.2) is 54.6 Å². The van der Waals surface area contributed by atoms with Crippen molar-refractivity contribution in [1.82, 2.24) is 15.0 Å². The number of thiophene rings is 2. The molecule has 0 aliphatic heterocycles. The summed E-state index contributed by atoms with van der Waals surface area (Å²) in [6.07, 6.45) is 0.00693. The highest BCUT2D eigenvalue weighted by molar-refractivity contribution is 7.31. The standard InChI is InChI=1S/C29H25FN4O4S2/c1-15-11-18(20(30)12-19(15)29(9-10-29)27(35)36)21-13-22-23(39-21)14-24(40-22)25-26(34(3)33-32-25)31-28(37)38-16(2)17-7-5-4-6-8-17/h4-8,11-14,16H,9-10H2,1-3H3,(H,31,37)(H,35,36)/t16-/m1/s1. The van der Waals surface area contributed by atoms with Crippen LogP contribution < -0.4 is 5.32 Å². The third kappa shape index (κ3) is 4.54. The van der Waals surface area contributed by atoms with Crippen LogP contribution >= 0.6 is 22.7 Å². The Morgan fingerprint density at radius 3 is 2.45 bits per heavy atom. The van der Waals surface area contributed by atoms with E-state index in [4.69, 9.17) is 4.74 Å². The summed E-state index contributed by atoms with van der Waals surface area (Å²) in [7, 11) is 1.69. The zero-order chi connectivity index (χ0) is 28.2. The molecule has 1 aliphatic rings. The number of amides is 1. The van der Waals surface area contributed by atoms with Gasteiger partial charge in [0.2, 0.25) is 0 Å². The van der Waals surface area contributed by atoms with Gasteiger partial charge in [0.25, 0.3) is 0 Å². The Kier molecular flexibility index (Phi) is 6.42. The number of anilines is 1. The summed E-state index contributed by atoms with van der Waals surface area (Å²) in [5, 5.41) is 20.8. The maximum atomic E-state index is 15.2. The van der Waals surface area contributed by atoms with Gasteiger partial charge in [-0.2, -0.15) is 0 Å². The number of carboxylic acid groups (broad SMARTS) is 1. The molecule has 8 nitrogen and oxygen atoms in total. The van der Waals surface area contributed by atoms with Gasteiger partial charge < -0.3 is 9.84 Å². The number of carbonyl (C=O) groups excluding carboxylic acids is 1. The second kappa shape index (κ2) is 9.83. The highest BCUT2D eigenvalue weighted by Crippen LogP contribution is 2.51. The van der Waals surface area contributed by atoms with E-state index in [-0.39, 0.29) is 0 Å². The number of halogens is 1. The van der Waals surface area contributed by atoms with Gasteiger partial charge in [0, 0.05) is 26.9 Å². The van der Waals surface area contributed by atoms with Crippen LogP contribution in [0.5, 0.6) is 0 Å². The van der Waals surface area contributed by atoms with Crippen molar-refractivity contribution in [1.29, 1.82) is 0 Å². The molecule has 1 aliphatic carbocycles. The number of fused-ring (bicyclic) bond motifs is 1. The molecule has 11 heteroatoms. The Morgan fingerprint density at radius 1 is 1.10 bits per heavy atom. The smallest absolute Gasteiger partial charge is 0.413 e. The van der Waals surface area contributed by atoms with Gasteiger partial charge in [0.15, 0.2) is 5.82 Å². The van der Waals surface area contributed by atoms with Crippen molar-refractivity contribution in [2.45, 2.75) is 38.2 Å². The third-order valence-corrected chi connectivity index (χ3v) is 9.63. The number of nitrogens with zero attached hydrogens (tertiary/aromatic N) is 3. The number of ether oxygens (including phenoxy) is 1. The van der Waals surface area contributed by atoms with Gasteiger partial charge in [-0.15, -0.1) is 27.8 Å². The average Bonchev–Trinajstić information content (AvgIpc) is 3.34. The molecule has 6 rings (SSSR count). The summed E-state index contributed by atoms with van der Waals surface area (Å²) in [5.41, 5.74) is 2.22. The number of aromatic nitrogens is 3. The topological polar surface area (TPSA) is 106 Å². The first-order valence-corrected chi connectivity index (χ1v) is 14.3. The first-order valence-electron chi connectivity index (χ1n) is 12.7. The molecule has 1 amide bonds. The lowest BCUT2D eigenvalue weighted by molar-refractivity contribution is -0.140. The number of nitrogens with one attached hydrogen (secondary N) is 1. The summed E-state index contributed by atoms with van der Waals surface area (Å²) in [4.78, 5) is 26.0. The van der Waals surface area contributed by atoms with Gasteiger partial charge in [-0.3, -0.25) is 10.1 Å². The van der Waals surface area contributed by atoms with Crippen LogP contribution in [-0.4, -0.2) is 32.2 Å². The van der Waals surface area contributed by atoms with E-state index in [1.807, 2.05) is 49.4 Å². The first kappa shape index (κ1) is 26.1. The van der Waals surface area contributed by atoms with Gasteiger partial charge in [0.1, 0.15) is 17.6 Å². The number of hydrogen-bond acceptors (Lipinski definition) is 7. The molecular formula is C29H25FN4O4S2. The van der Waals surface area contributed by atoms with E-state index < -0.39 is 29.4 Å². The summed E-state index contributed by atoms with van der Waals surface area (Å²) < 4.78 is 24.1. The maximum Gasteiger partial charge on any atom is 0.413 e. The van der Waals surface area contributed by atoms with E-state index in [9.17, 15) is 14.7 Å². The van der Waals surface area contributed by atoms with Crippen LogP contribution in [0.4, 0.5) is 15.0 Å².